The quantitative estimate of drug-likeness (QED) is 0.606. The fraction of sp³-hybridized carbons (Fsp3) is 0.750. The van der Waals surface area contributed by atoms with Crippen LogP contribution in [0.2, 0.25) is 0 Å². The molecule has 0 rings (SSSR count). The van der Waals surface area contributed by atoms with Gasteiger partial charge in [-0.3, -0.25) is 0 Å². The molecule has 60 valence electrons. The van der Waals surface area contributed by atoms with Crippen LogP contribution in [0.15, 0.2) is 11.6 Å². The van der Waals surface area contributed by atoms with E-state index < -0.39 is 0 Å². The van der Waals surface area contributed by atoms with E-state index in [1.807, 2.05) is 11.8 Å². The molecule has 0 spiro atoms. The largest absolute Gasteiger partial charge is 0.370 e. The van der Waals surface area contributed by atoms with Crippen molar-refractivity contribution in [3.05, 3.63) is 11.6 Å². The summed E-state index contributed by atoms with van der Waals surface area (Å²) < 4.78 is 0. The molecule has 0 radical (unpaired) electrons. The van der Waals surface area contributed by atoms with Gasteiger partial charge in [-0.2, -0.15) is 0 Å². The van der Waals surface area contributed by atoms with Gasteiger partial charge < -0.3 is 4.90 Å². The van der Waals surface area contributed by atoms with Gasteiger partial charge in [-0.05, 0) is 19.1 Å². The van der Waals surface area contributed by atoms with E-state index in [2.05, 4.69) is 32.4 Å². The van der Waals surface area contributed by atoms with Crippen molar-refractivity contribution in [1.82, 2.24) is 4.90 Å². The molecule has 0 aliphatic carbocycles. The summed E-state index contributed by atoms with van der Waals surface area (Å²) in [4.78, 5) is 2.17. The van der Waals surface area contributed by atoms with Gasteiger partial charge in [-0.15, -0.1) is 11.8 Å². The van der Waals surface area contributed by atoms with Crippen LogP contribution in [-0.4, -0.2) is 24.2 Å². The van der Waals surface area contributed by atoms with Crippen molar-refractivity contribution >= 4 is 11.8 Å². The molecule has 0 amide bonds. The zero-order valence-corrected chi connectivity index (χ0v) is 8.00. The Bertz CT molecular complexity index is 101. The third kappa shape index (κ3) is 3.83. The molecule has 0 heterocycles. The Kier molecular flexibility index (Phi) is 5.60. The molecule has 0 saturated carbocycles. The lowest BCUT2D eigenvalue weighted by molar-refractivity contribution is 0.474. The first-order chi connectivity index (χ1) is 4.72. The molecule has 0 fully saturated rings. The topological polar surface area (TPSA) is 3.24 Å². The second-order valence-corrected chi connectivity index (χ2v) is 3.42. The normalized spacial score (nSPS) is 9.50. The molecule has 0 aromatic heterocycles. The number of hydrogen-bond donors (Lipinski definition) is 0. The van der Waals surface area contributed by atoms with Crippen LogP contribution in [0.1, 0.15) is 20.3 Å². The van der Waals surface area contributed by atoms with Gasteiger partial charge in [-0.25, -0.2) is 0 Å². The van der Waals surface area contributed by atoms with E-state index in [4.69, 9.17) is 0 Å². The minimum Gasteiger partial charge on any atom is -0.370 e. The minimum atomic E-state index is 1.05. The molecule has 0 aromatic rings. The fourth-order valence-electron chi connectivity index (χ4n) is 0.506. The number of thioether (sulfide) groups is 1. The van der Waals surface area contributed by atoms with Crippen molar-refractivity contribution in [3.8, 4) is 0 Å². The van der Waals surface area contributed by atoms with Crippen LogP contribution in [-0.2, 0) is 0 Å². The molecule has 0 unspecified atom stereocenters. The molecule has 0 N–H and O–H groups in total. The van der Waals surface area contributed by atoms with E-state index in [1.54, 1.807) is 0 Å². The van der Waals surface area contributed by atoms with Gasteiger partial charge in [0.25, 0.3) is 0 Å². The average molecular weight is 159 g/mol. The van der Waals surface area contributed by atoms with Crippen LogP contribution in [0.25, 0.3) is 0 Å². The molecule has 0 bridgehead atoms. The van der Waals surface area contributed by atoms with Crippen molar-refractivity contribution in [2.45, 2.75) is 20.3 Å². The highest BCUT2D eigenvalue weighted by atomic mass is 32.2. The molecular formula is C8H17NS. The molecule has 0 saturated heterocycles. The summed E-state index contributed by atoms with van der Waals surface area (Å²) in [6.45, 7) is 9.33. The van der Waals surface area contributed by atoms with E-state index in [0.29, 0.717) is 0 Å². The summed E-state index contributed by atoms with van der Waals surface area (Å²) in [6.07, 6.45) is 1.22. The maximum absolute atomic E-state index is 3.95. The van der Waals surface area contributed by atoms with Gasteiger partial charge in [0.2, 0.25) is 0 Å². The lowest BCUT2D eigenvalue weighted by atomic mass is 10.6. The molecule has 1 nitrogen and oxygen atoms in total. The summed E-state index contributed by atoms with van der Waals surface area (Å²) in [6, 6.07) is 0. The van der Waals surface area contributed by atoms with E-state index in [-0.39, 0.29) is 0 Å². The second kappa shape index (κ2) is 5.66. The van der Waals surface area contributed by atoms with E-state index in [0.717, 1.165) is 6.54 Å². The van der Waals surface area contributed by atoms with Gasteiger partial charge in [0, 0.05) is 13.6 Å². The summed E-state index contributed by atoms with van der Waals surface area (Å²) in [5.74, 6) is 1.18. The first kappa shape index (κ1) is 9.89. The highest BCUT2D eigenvalue weighted by Crippen LogP contribution is 2.16. The fourth-order valence-corrected chi connectivity index (χ4v) is 1.30. The molecule has 0 aliphatic heterocycles. The second-order valence-electron chi connectivity index (χ2n) is 2.26. The van der Waals surface area contributed by atoms with Gasteiger partial charge >= 0.3 is 0 Å². The van der Waals surface area contributed by atoms with Gasteiger partial charge in [0.05, 0.1) is 5.03 Å². The van der Waals surface area contributed by atoms with Crippen molar-refractivity contribution in [3.63, 3.8) is 0 Å². The predicted octanol–water partition coefficient (Wildman–Crippen LogP) is 2.55. The highest BCUT2D eigenvalue weighted by molar-refractivity contribution is 8.02. The molecule has 2 heteroatoms. The zero-order chi connectivity index (χ0) is 7.98. The minimum absolute atomic E-state index is 1.05. The summed E-state index contributed by atoms with van der Waals surface area (Å²) in [5, 5.41) is 1.18. The summed E-state index contributed by atoms with van der Waals surface area (Å²) >= 11 is 1.84. The Labute approximate surface area is 68.5 Å². The van der Waals surface area contributed by atoms with Crippen LogP contribution in [0.5, 0.6) is 0 Å². The third-order valence-electron chi connectivity index (χ3n) is 1.37. The third-order valence-corrected chi connectivity index (χ3v) is 2.63. The van der Waals surface area contributed by atoms with Crippen molar-refractivity contribution in [2.24, 2.45) is 0 Å². The van der Waals surface area contributed by atoms with Crippen LogP contribution < -0.4 is 0 Å². The first-order valence-corrected chi connectivity index (χ1v) is 4.73. The van der Waals surface area contributed by atoms with Crippen LogP contribution >= 0.6 is 11.8 Å². The van der Waals surface area contributed by atoms with Gasteiger partial charge in [0.1, 0.15) is 0 Å². The van der Waals surface area contributed by atoms with Crippen LogP contribution in [0, 0.1) is 0 Å². The highest BCUT2D eigenvalue weighted by Gasteiger charge is 1.97. The Morgan fingerprint density at radius 1 is 1.50 bits per heavy atom. The van der Waals surface area contributed by atoms with Crippen molar-refractivity contribution in [1.29, 1.82) is 0 Å². The van der Waals surface area contributed by atoms with Crippen molar-refractivity contribution in [2.75, 3.05) is 19.3 Å². The Morgan fingerprint density at radius 2 is 2.10 bits per heavy atom. The Balaban J connectivity index is 3.42. The maximum Gasteiger partial charge on any atom is 0.0631 e. The standard InChI is InChI=1S/C8H17NS/c1-5-7-10-8(3)9(4)6-2/h3,5-7H2,1-2,4H3. The lowest BCUT2D eigenvalue weighted by Gasteiger charge is -2.18. The summed E-state index contributed by atoms with van der Waals surface area (Å²) in [7, 11) is 2.07. The van der Waals surface area contributed by atoms with Gasteiger partial charge in [-0.1, -0.05) is 13.5 Å². The molecule has 0 aliphatic rings. The maximum atomic E-state index is 3.95. The first-order valence-electron chi connectivity index (χ1n) is 3.75. The SMILES string of the molecule is C=C(SCCC)N(C)CC. The van der Waals surface area contributed by atoms with Crippen LogP contribution in [0.4, 0.5) is 0 Å². The van der Waals surface area contributed by atoms with E-state index in [1.165, 1.54) is 17.2 Å². The average Bonchev–Trinajstić information content (AvgIpc) is 1.98. The Hall–Kier alpha value is -0.110. The lowest BCUT2D eigenvalue weighted by Crippen LogP contribution is -2.13. The number of rotatable bonds is 5. The number of hydrogen-bond acceptors (Lipinski definition) is 2. The zero-order valence-electron chi connectivity index (χ0n) is 7.18. The van der Waals surface area contributed by atoms with Crippen molar-refractivity contribution < 1.29 is 0 Å². The number of nitrogens with zero attached hydrogens (tertiary/aromatic N) is 1. The molecule has 0 aromatic carbocycles. The van der Waals surface area contributed by atoms with E-state index in [9.17, 15) is 0 Å². The monoisotopic (exact) mass is 159 g/mol. The van der Waals surface area contributed by atoms with Gasteiger partial charge in [0.15, 0.2) is 0 Å². The molecular weight excluding hydrogens is 142 g/mol. The smallest absolute Gasteiger partial charge is 0.0631 e. The molecule has 0 atom stereocenters. The van der Waals surface area contributed by atoms with E-state index >= 15 is 0 Å². The van der Waals surface area contributed by atoms with Crippen LogP contribution in [0.3, 0.4) is 0 Å². The Morgan fingerprint density at radius 3 is 2.50 bits per heavy atom. The predicted molar refractivity (Wildman–Crippen MR) is 50.2 cm³/mol. The summed E-state index contributed by atoms with van der Waals surface area (Å²) in [5.41, 5.74) is 0. The molecule has 10 heavy (non-hydrogen) atoms.